The monoisotopic (exact) mass is 487 g/mol. The first-order valence-electron chi connectivity index (χ1n) is 10.7. The number of hydrogen-bond donors (Lipinski definition) is 3. The van der Waals surface area contributed by atoms with Gasteiger partial charge in [0, 0.05) is 31.2 Å². The molecule has 11 heteroatoms. The number of nitrogens with one attached hydrogen (secondary N) is 2. The molecule has 0 aromatic heterocycles. The van der Waals surface area contributed by atoms with Crippen LogP contribution in [-0.2, 0) is 19.8 Å². The third kappa shape index (κ3) is 7.57. The molecule has 182 valence electrons. The molecule has 0 radical (unpaired) electrons. The van der Waals surface area contributed by atoms with Gasteiger partial charge in [0.2, 0.25) is 0 Å². The lowest BCUT2D eigenvalue weighted by Crippen LogP contribution is -2.46. The molecule has 1 heterocycles. The molecule has 1 fully saturated rings. The molecule has 0 aliphatic carbocycles. The highest BCUT2D eigenvalue weighted by Crippen LogP contribution is 2.43. The van der Waals surface area contributed by atoms with Crippen molar-refractivity contribution < 1.29 is 26.8 Å². The maximum absolute atomic E-state index is 13.6. The molecule has 1 atom stereocenters. The quantitative estimate of drug-likeness (QED) is 0.366. The van der Waals surface area contributed by atoms with Gasteiger partial charge >= 0.3 is 14.4 Å². The van der Waals surface area contributed by atoms with Crippen LogP contribution < -0.4 is 21.3 Å². The Labute approximate surface area is 193 Å². The summed E-state index contributed by atoms with van der Waals surface area (Å²) in [6.07, 6.45) is -4.47. The van der Waals surface area contributed by atoms with Gasteiger partial charge in [0.25, 0.3) is 0 Å². The van der Waals surface area contributed by atoms with Crippen LogP contribution in [0, 0.1) is 0 Å². The summed E-state index contributed by atoms with van der Waals surface area (Å²) in [4.78, 5) is 1.81. The fourth-order valence-electron chi connectivity index (χ4n) is 3.50. The van der Waals surface area contributed by atoms with Gasteiger partial charge in [0.15, 0.2) is 0 Å². The van der Waals surface area contributed by atoms with E-state index in [9.17, 15) is 17.7 Å². The van der Waals surface area contributed by atoms with Gasteiger partial charge in [0.1, 0.15) is 13.2 Å². The molecular formula is C22H31F3N4O3P+. The molecular weight excluding hydrogens is 456 g/mol. The molecule has 2 aromatic carbocycles. The number of anilines is 3. The first-order chi connectivity index (χ1) is 15.7. The van der Waals surface area contributed by atoms with Crippen molar-refractivity contribution in [1.29, 1.82) is 0 Å². The van der Waals surface area contributed by atoms with Gasteiger partial charge < -0.3 is 21.3 Å². The van der Waals surface area contributed by atoms with Gasteiger partial charge in [-0.15, -0.1) is 9.05 Å². The van der Waals surface area contributed by atoms with E-state index < -0.39 is 20.0 Å². The number of benzene rings is 2. The van der Waals surface area contributed by atoms with Crippen molar-refractivity contribution in [3.8, 4) is 0 Å². The molecule has 7 nitrogen and oxygen atoms in total. The SMILES string of the molecule is CCO[P+](=O)OCC.CNc1cc(N2CCNCC2c2ccccc2)c(C(F)(F)F)cc1N. The fourth-order valence-corrected chi connectivity index (χ4v) is 4.00. The standard InChI is InChI=1S/C18H21F3N4.C4H10O3P/c1-23-15-10-16(13(9-14(15)22)18(19,20)21)25-8-7-24-11-17(25)12-5-3-2-4-6-12;1-3-6-8(5)7-4-2/h2-6,9-10,17,23-24H,7-8,11,22H2,1H3;3-4H2,1-2H3/q;+1. The number of hydrogen-bond acceptors (Lipinski definition) is 7. The number of rotatable bonds is 7. The van der Waals surface area contributed by atoms with Crippen LogP contribution in [-0.4, -0.2) is 39.9 Å². The van der Waals surface area contributed by atoms with Crippen LogP contribution in [0.25, 0.3) is 0 Å². The summed E-state index contributed by atoms with van der Waals surface area (Å²) in [5.74, 6) is 0. The molecule has 3 rings (SSSR count). The summed E-state index contributed by atoms with van der Waals surface area (Å²) in [6, 6.07) is 11.9. The summed E-state index contributed by atoms with van der Waals surface area (Å²) >= 11 is 0. The minimum atomic E-state index is -4.47. The number of piperazine rings is 1. The number of nitrogens with zero attached hydrogens (tertiary/aromatic N) is 1. The van der Waals surface area contributed by atoms with Gasteiger partial charge in [-0.05, 0) is 31.5 Å². The van der Waals surface area contributed by atoms with E-state index in [1.807, 2.05) is 35.2 Å². The smallest absolute Gasteiger partial charge is 0.397 e. The molecule has 2 aromatic rings. The minimum Gasteiger partial charge on any atom is -0.397 e. The molecule has 0 amide bonds. The van der Waals surface area contributed by atoms with E-state index >= 15 is 0 Å². The van der Waals surface area contributed by atoms with Crippen molar-refractivity contribution >= 4 is 25.3 Å². The van der Waals surface area contributed by atoms with Crippen LogP contribution in [0.5, 0.6) is 0 Å². The molecule has 0 bridgehead atoms. The highest BCUT2D eigenvalue weighted by atomic mass is 31.1. The van der Waals surface area contributed by atoms with E-state index in [2.05, 4.69) is 19.7 Å². The molecule has 1 saturated heterocycles. The predicted octanol–water partition coefficient (Wildman–Crippen LogP) is 5.20. The van der Waals surface area contributed by atoms with E-state index in [1.165, 1.54) is 6.07 Å². The van der Waals surface area contributed by atoms with Crippen molar-refractivity contribution in [1.82, 2.24) is 5.32 Å². The van der Waals surface area contributed by atoms with Crippen LogP contribution in [0.4, 0.5) is 30.2 Å². The summed E-state index contributed by atoms with van der Waals surface area (Å²) in [5, 5.41) is 6.14. The molecule has 1 aliphatic heterocycles. The highest BCUT2D eigenvalue weighted by molar-refractivity contribution is 7.33. The second-order valence-electron chi connectivity index (χ2n) is 7.09. The summed E-state index contributed by atoms with van der Waals surface area (Å²) < 4.78 is 60.4. The Morgan fingerprint density at radius 3 is 2.36 bits per heavy atom. The van der Waals surface area contributed by atoms with E-state index in [0.717, 1.165) is 11.6 Å². The van der Waals surface area contributed by atoms with Crippen LogP contribution in [0.15, 0.2) is 42.5 Å². The third-order valence-corrected chi connectivity index (χ3v) is 5.89. The van der Waals surface area contributed by atoms with Crippen molar-refractivity contribution in [2.75, 3.05) is 55.8 Å². The van der Waals surface area contributed by atoms with Crippen LogP contribution >= 0.6 is 8.25 Å². The van der Waals surface area contributed by atoms with Gasteiger partial charge in [-0.3, -0.25) is 0 Å². The summed E-state index contributed by atoms with van der Waals surface area (Å²) in [5.41, 5.74) is 6.79. The molecule has 0 spiro atoms. The van der Waals surface area contributed by atoms with Crippen molar-refractivity contribution in [3.05, 3.63) is 53.6 Å². The predicted molar refractivity (Wildman–Crippen MR) is 126 cm³/mol. The topological polar surface area (TPSA) is 88.9 Å². The van der Waals surface area contributed by atoms with E-state index in [0.29, 0.717) is 38.5 Å². The first-order valence-corrected chi connectivity index (χ1v) is 11.8. The lowest BCUT2D eigenvalue weighted by Gasteiger charge is -2.39. The van der Waals surface area contributed by atoms with Crippen molar-refractivity contribution in [2.45, 2.75) is 26.1 Å². The average molecular weight is 487 g/mol. The number of nitrogens with two attached hydrogens (primary N) is 1. The van der Waals surface area contributed by atoms with E-state index in [4.69, 9.17) is 5.73 Å². The molecule has 1 aliphatic rings. The zero-order valence-corrected chi connectivity index (χ0v) is 19.9. The maximum atomic E-state index is 13.6. The average Bonchev–Trinajstić information content (AvgIpc) is 2.80. The first kappa shape index (κ1) is 26.9. The Balaban J connectivity index is 0.000000414. The Kier molecular flexibility index (Phi) is 10.4. The van der Waals surface area contributed by atoms with Crippen LogP contribution in [0.2, 0.25) is 0 Å². The van der Waals surface area contributed by atoms with Crippen molar-refractivity contribution in [3.63, 3.8) is 0 Å². The second kappa shape index (κ2) is 12.7. The summed E-state index contributed by atoms with van der Waals surface area (Å²) in [6.45, 7) is 6.11. The Morgan fingerprint density at radius 2 is 1.82 bits per heavy atom. The van der Waals surface area contributed by atoms with E-state index in [1.54, 1.807) is 20.9 Å². The van der Waals surface area contributed by atoms with E-state index in [-0.39, 0.29) is 17.4 Å². The van der Waals surface area contributed by atoms with Crippen molar-refractivity contribution in [2.24, 2.45) is 0 Å². The summed E-state index contributed by atoms with van der Waals surface area (Å²) in [7, 11) is -0.183. The molecule has 33 heavy (non-hydrogen) atoms. The molecule has 0 saturated carbocycles. The number of nitrogen functional groups attached to an aromatic ring is 1. The Bertz CT molecular complexity index is 892. The molecule has 1 unspecified atom stereocenters. The minimum absolute atomic E-state index is 0.0879. The van der Waals surface area contributed by atoms with Gasteiger partial charge in [0.05, 0.1) is 28.7 Å². The zero-order valence-electron chi connectivity index (χ0n) is 19.0. The zero-order chi connectivity index (χ0) is 24.4. The Morgan fingerprint density at radius 1 is 1.18 bits per heavy atom. The lowest BCUT2D eigenvalue weighted by molar-refractivity contribution is -0.137. The van der Waals surface area contributed by atoms with Crippen LogP contribution in [0.3, 0.4) is 0 Å². The normalized spacial score (nSPS) is 16.1. The lowest BCUT2D eigenvalue weighted by atomic mass is 10.00. The van der Waals surface area contributed by atoms with Gasteiger partial charge in [-0.25, -0.2) is 0 Å². The highest BCUT2D eigenvalue weighted by Gasteiger charge is 2.38. The van der Waals surface area contributed by atoms with Gasteiger partial charge in [-0.2, -0.15) is 13.2 Å². The molecule has 4 N–H and O–H groups in total. The fraction of sp³-hybridized carbons (Fsp3) is 0.455. The third-order valence-electron chi connectivity index (χ3n) is 4.95. The van der Waals surface area contributed by atoms with Crippen LogP contribution in [0.1, 0.15) is 31.0 Å². The largest absolute Gasteiger partial charge is 0.697 e. The number of halogens is 3. The maximum Gasteiger partial charge on any atom is 0.697 e. The Hall–Kier alpha value is -2.39. The van der Waals surface area contributed by atoms with Gasteiger partial charge in [-0.1, -0.05) is 30.3 Å². The second-order valence-corrected chi connectivity index (χ2v) is 8.05. The number of alkyl halides is 3.